The molecule has 1 unspecified atom stereocenters. The fourth-order valence-corrected chi connectivity index (χ4v) is 3.50. The van der Waals surface area contributed by atoms with Crippen LogP contribution < -0.4 is 10.2 Å². The predicted molar refractivity (Wildman–Crippen MR) is 114 cm³/mol. The minimum Gasteiger partial charge on any atom is -0.494 e. The Balaban J connectivity index is 2.04. The van der Waals surface area contributed by atoms with Crippen molar-refractivity contribution >= 4 is 47.7 Å². The highest BCUT2D eigenvalue weighted by Gasteiger charge is 2.42. The van der Waals surface area contributed by atoms with E-state index in [0.29, 0.717) is 10.7 Å². The lowest BCUT2D eigenvalue weighted by molar-refractivity contribution is -0.138. The summed E-state index contributed by atoms with van der Waals surface area (Å²) in [6, 6.07) is 15.4. The number of nitrogens with zero attached hydrogens (tertiary/aromatic N) is 2. The van der Waals surface area contributed by atoms with Crippen LogP contribution in [0.5, 0.6) is 0 Å². The minimum absolute atomic E-state index is 0.147. The lowest BCUT2D eigenvalue weighted by Crippen LogP contribution is -2.55. The van der Waals surface area contributed by atoms with Gasteiger partial charge in [0.15, 0.2) is 11.1 Å². The van der Waals surface area contributed by atoms with Crippen molar-refractivity contribution < 1.29 is 24.6 Å². The highest BCUT2D eigenvalue weighted by molar-refractivity contribution is 7.81. The van der Waals surface area contributed by atoms with Gasteiger partial charge < -0.3 is 20.4 Å². The maximum absolute atomic E-state index is 13.1. The molecule has 10 heteroatoms. The van der Waals surface area contributed by atoms with Crippen LogP contribution in [0.2, 0.25) is 5.02 Å². The minimum atomic E-state index is -1.28. The van der Waals surface area contributed by atoms with Crippen molar-refractivity contribution in [2.45, 2.75) is 12.0 Å². The summed E-state index contributed by atoms with van der Waals surface area (Å²) in [5, 5.41) is 22.1. The van der Waals surface area contributed by atoms with Gasteiger partial charge in [-0.3, -0.25) is 19.3 Å². The Morgan fingerprint density at radius 3 is 2.33 bits per heavy atom. The molecule has 1 aliphatic rings. The molecule has 1 aliphatic heterocycles. The fraction of sp³-hybridized carbons (Fsp3) is 0.150. The molecular formula is C20H18ClN3O5S. The second-order valence-corrected chi connectivity index (χ2v) is 7.28. The van der Waals surface area contributed by atoms with E-state index >= 15 is 0 Å². The van der Waals surface area contributed by atoms with E-state index in [4.69, 9.17) is 16.7 Å². The number of amides is 2. The highest BCUT2D eigenvalue weighted by Crippen LogP contribution is 2.32. The first-order valence-corrected chi connectivity index (χ1v) is 9.70. The molecule has 0 spiro atoms. The number of aliphatic hydroxyl groups excluding tert-OH is 1. The van der Waals surface area contributed by atoms with Crippen LogP contribution in [0.3, 0.4) is 0 Å². The number of hydrogen-bond acceptors (Lipinski definition) is 6. The summed E-state index contributed by atoms with van der Waals surface area (Å²) in [5.74, 6) is -3.69. The molecule has 156 valence electrons. The van der Waals surface area contributed by atoms with Crippen molar-refractivity contribution in [2.24, 2.45) is 0 Å². The molecule has 0 saturated heterocycles. The van der Waals surface area contributed by atoms with E-state index in [1.165, 1.54) is 9.80 Å². The maximum atomic E-state index is 13.1. The van der Waals surface area contributed by atoms with Gasteiger partial charge >= 0.3 is 5.97 Å². The third-order valence-electron chi connectivity index (χ3n) is 4.37. The first-order valence-electron chi connectivity index (χ1n) is 8.80. The normalized spacial score (nSPS) is 16.6. The van der Waals surface area contributed by atoms with Gasteiger partial charge in [-0.25, -0.2) is 0 Å². The molecule has 2 aromatic rings. The summed E-state index contributed by atoms with van der Waals surface area (Å²) in [7, 11) is 0. The Hall–Kier alpha value is -3.17. The Labute approximate surface area is 182 Å². The molecule has 0 fully saturated rings. The summed E-state index contributed by atoms with van der Waals surface area (Å²) < 4.78 is 0. The van der Waals surface area contributed by atoms with Crippen LogP contribution in [-0.2, 0) is 20.9 Å². The molecule has 0 saturated carbocycles. The predicted octanol–water partition coefficient (Wildman–Crippen LogP) is 2.37. The number of thiol groups is 1. The second kappa shape index (κ2) is 9.10. The molecule has 1 heterocycles. The van der Waals surface area contributed by atoms with Crippen LogP contribution >= 0.6 is 24.2 Å². The first-order chi connectivity index (χ1) is 14.3. The quantitative estimate of drug-likeness (QED) is 0.400. The lowest BCUT2D eigenvalue weighted by atomic mass is 10.1. The highest BCUT2D eigenvalue weighted by atomic mass is 35.5. The molecule has 1 atom stereocenters. The zero-order chi connectivity index (χ0) is 21.8. The maximum Gasteiger partial charge on any atom is 0.322 e. The summed E-state index contributed by atoms with van der Waals surface area (Å²) in [4.78, 5) is 39.0. The van der Waals surface area contributed by atoms with E-state index in [1.54, 1.807) is 24.3 Å². The molecule has 0 radical (unpaired) electrons. The van der Waals surface area contributed by atoms with Gasteiger partial charge in [-0.1, -0.05) is 41.9 Å². The Morgan fingerprint density at radius 1 is 1.10 bits per heavy atom. The average Bonchev–Trinajstić information content (AvgIpc) is 2.72. The number of nitrogens with one attached hydrogen (secondary N) is 1. The van der Waals surface area contributed by atoms with E-state index in [2.05, 4.69) is 17.9 Å². The van der Waals surface area contributed by atoms with Gasteiger partial charge in [0.2, 0.25) is 5.88 Å². The smallest absolute Gasteiger partial charge is 0.322 e. The first kappa shape index (κ1) is 21.5. The van der Waals surface area contributed by atoms with Crippen molar-refractivity contribution in [2.75, 3.05) is 11.4 Å². The van der Waals surface area contributed by atoms with Crippen LogP contribution in [-0.4, -0.2) is 44.9 Å². The van der Waals surface area contributed by atoms with Crippen LogP contribution in [0.4, 0.5) is 5.69 Å². The van der Waals surface area contributed by atoms with E-state index in [1.807, 2.05) is 30.3 Å². The SMILES string of the molecule is O=C(O)CNC(=O)C1=C(O)N(Cc2ccccc2)C(S)N(c2ccc(Cl)cc2)C1=O. The van der Waals surface area contributed by atoms with Crippen LogP contribution in [0.15, 0.2) is 66.1 Å². The van der Waals surface area contributed by atoms with Gasteiger partial charge in [-0.15, -0.1) is 12.6 Å². The zero-order valence-corrected chi connectivity index (χ0v) is 17.2. The standard InChI is InChI=1S/C20H18ClN3O5S/c21-13-6-8-14(9-7-13)24-19(29)16(17(27)22-10-15(25)26)18(28)23(20(24)30)11-12-4-2-1-3-5-12/h1-9,20,28,30H,10-11H2,(H,22,27)(H,25,26). The molecule has 2 aromatic carbocycles. The van der Waals surface area contributed by atoms with Gasteiger partial charge in [0.25, 0.3) is 11.8 Å². The van der Waals surface area contributed by atoms with Gasteiger partial charge in [-0.2, -0.15) is 0 Å². The molecule has 30 heavy (non-hydrogen) atoms. The van der Waals surface area contributed by atoms with Crippen LogP contribution in [0, 0.1) is 0 Å². The Kier molecular flexibility index (Phi) is 6.53. The molecule has 3 N–H and O–H groups in total. The number of carboxylic acids is 1. The summed E-state index contributed by atoms with van der Waals surface area (Å²) in [5.41, 5.74) is -0.306. The molecule has 0 aromatic heterocycles. The van der Waals surface area contributed by atoms with Gasteiger partial charge in [-0.05, 0) is 29.8 Å². The van der Waals surface area contributed by atoms with Gasteiger partial charge in [0, 0.05) is 17.3 Å². The van der Waals surface area contributed by atoms with Crippen molar-refractivity contribution in [3.05, 3.63) is 76.6 Å². The number of halogens is 1. The molecule has 0 aliphatic carbocycles. The van der Waals surface area contributed by atoms with Crippen LogP contribution in [0.25, 0.3) is 0 Å². The molecule has 2 amide bonds. The number of carbonyl (C=O) groups excluding carboxylic acids is 2. The number of carboxylic acid groups (broad SMARTS) is 1. The van der Waals surface area contributed by atoms with Crippen LogP contribution in [0.1, 0.15) is 5.56 Å². The lowest BCUT2D eigenvalue weighted by Gasteiger charge is -2.41. The van der Waals surface area contributed by atoms with E-state index in [-0.39, 0.29) is 6.54 Å². The summed E-state index contributed by atoms with van der Waals surface area (Å²) >= 11 is 10.4. The van der Waals surface area contributed by atoms with Gasteiger partial charge in [0.1, 0.15) is 6.54 Å². The second-order valence-electron chi connectivity index (χ2n) is 6.39. The van der Waals surface area contributed by atoms with Crippen molar-refractivity contribution in [1.82, 2.24) is 10.2 Å². The molecule has 8 nitrogen and oxygen atoms in total. The molecular weight excluding hydrogens is 430 g/mol. The topological polar surface area (TPSA) is 110 Å². The van der Waals surface area contributed by atoms with E-state index in [0.717, 1.165) is 5.56 Å². The monoisotopic (exact) mass is 447 g/mol. The Morgan fingerprint density at radius 2 is 1.73 bits per heavy atom. The van der Waals surface area contributed by atoms with E-state index < -0.39 is 41.3 Å². The Bertz CT molecular complexity index is 997. The van der Waals surface area contributed by atoms with Gasteiger partial charge in [0.05, 0.1) is 0 Å². The summed E-state index contributed by atoms with van der Waals surface area (Å²) in [6.45, 7) is -0.555. The zero-order valence-electron chi connectivity index (χ0n) is 15.5. The fourth-order valence-electron chi connectivity index (χ4n) is 2.95. The van der Waals surface area contributed by atoms with Crippen molar-refractivity contribution in [3.8, 4) is 0 Å². The summed E-state index contributed by atoms with van der Waals surface area (Å²) in [6.07, 6.45) is 0. The van der Waals surface area contributed by atoms with E-state index in [9.17, 15) is 19.5 Å². The molecule has 0 bridgehead atoms. The van der Waals surface area contributed by atoms with Crippen molar-refractivity contribution in [1.29, 1.82) is 0 Å². The number of anilines is 1. The third-order valence-corrected chi connectivity index (χ3v) is 5.13. The largest absolute Gasteiger partial charge is 0.494 e. The number of aliphatic carboxylic acids is 1. The number of hydrogen-bond donors (Lipinski definition) is 4. The number of aliphatic hydroxyl groups is 1. The number of benzene rings is 2. The number of carbonyl (C=O) groups is 3. The third kappa shape index (κ3) is 4.52. The average molecular weight is 448 g/mol. The molecule has 3 rings (SSSR count). The van der Waals surface area contributed by atoms with Crippen molar-refractivity contribution in [3.63, 3.8) is 0 Å². The number of rotatable bonds is 6.